The third-order valence-corrected chi connectivity index (χ3v) is 7.44. The molecule has 1 amide bonds. The number of rotatable bonds is 7. The van der Waals surface area contributed by atoms with E-state index in [1.54, 1.807) is 18.6 Å². The summed E-state index contributed by atoms with van der Waals surface area (Å²) in [7, 11) is 0.561. The third-order valence-electron chi connectivity index (χ3n) is 5.17. The third kappa shape index (κ3) is 4.55. The zero-order chi connectivity index (χ0) is 19.5. The van der Waals surface area contributed by atoms with Crippen LogP contribution in [-0.2, 0) is 32.8 Å². The van der Waals surface area contributed by atoms with E-state index in [0.717, 1.165) is 31.4 Å². The second-order valence-corrected chi connectivity index (χ2v) is 10.5. The van der Waals surface area contributed by atoms with Crippen LogP contribution < -0.4 is 10.1 Å². The minimum Gasteiger partial charge on any atom is -0.381 e. The average molecular weight is 386 g/mol. The summed E-state index contributed by atoms with van der Waals surface area (Å²) in [6.45, 7) is 11.2. The zero-order valence-corrected chi connectivity index (χ0v) is 17.7. The summed E-state index contributed by atoms with van der Waals surface area (Å²) >= 11 is 0. The van der Waals surface area contributed by atoms with Crippen LogP contribution in [0.4, 0.5) is 5.88 Å². The van der Waals surface area contributed by atoms with E-state index < -0.39 is 15.5 Å². The van der Waals surface area contributed by atoms with Crippen molar-refractivity contribution in [1.29, 1.82) is 0 Å². The molecule has 26 heavy (non-hydrogen) atoms. The first-order valence-electron chi connectivity index (χ1n) is 9.40. The molecule has 1 saturated heterocycles. The molecule has 0 bridgehead atoms. The van der Waals surface area contributed by atoms with E-state index in [9.17, 15) is 9.00 Å². The van der Waals surface area contributed by atoms with Crippen molar-refractivity contribution in [3.63, 3.8) is 0 Å². The SMILES string of the molecule is CCCC(C)(C)c1cc(NC(=O)C(C)(C)S(=O)C2CCOCC2)o[n+]1C. The van der Waals surface area contributed by atoms with Gasteiger partial charge >= 0.3 is 0 Å². The van der Waals surface area contributed by atoms with E-state index in [-0.39, 0.29) is 16.6 Å². The predicted octanol–water partition coefficient (Wildman–Crippen LogP) is 2.83. The van der Waals surface area contributed by atoms with Crippen LogP contribution in [0.5, 0.6) is 0 Å². The molecule has 1 fully saturated rings. The van der Waals surface area contributed by atoms with Gasteiger partial charge < -0.3 is 4.74 Å². The average Bonchev–Trinajstić information content (AvgIpc) is 2.96. The van der Waals surface area contributed by atoms with Gasteiger partial charge in [0, 0.05) is 29.3 Å². The number of nitrogens with zero attached hydrogens (tertiary/aromatic N) is 1. The van der Waals surface area contributed by atoms with E-state index in [1.165, 1.54) is 0 Å². The van der Waals surface area contributed by atoms with Gasteiger partial charge in [0.2, 0.25) is 11.6 Å². The summed E-state index contributed by atoms with van der Waals surface area (Å²) in [5, 5.41) is 2.82. The number of aromatic nitrogens is 1. The lowest BCUT2D eigenvalue weighted by molar-refractivity contribution is -0.850. The molecule has 148 valence electrons. The van der Waals surface area contributed by atoms with Crippen molar-refractivity contribution < 1.29 is 23.0 Å². The summed E-state index contributed by atoms with van der Waals surface area (Å²) in [5.74, 6) is 0.116. The van der Waals surface area contributed by atoms with E-state index in [4.69, 9.17) is 9.26 Å². The van der Waals surface area contributed by atoms with Gasteiger partial charge in [0.15, 0.2) is 7.05 Å². The van der Waals surface area contributed by atoms with Gasteiger partial charge in [-0.15, -0.1) is 0 Å². The van der Waals surface area contributed by atoms with Crippen molar-refractivity contribution >= 4 is 22.6 Å². The number of amides is 1. The molecule has 2 rings (SSSR count). The maximum absolute atomic E-state index is 12.9. The first-order chi connectivity index (χ1) is 12.1. The van der Waals surface area contributed by atoms with E-state index >= 15 is 0 Å². The first kappa shape index (κ1) is 21.1. The van der Waals surface area contributed by atoms with Crippen LogP contribution in [-0.4, -0.2) is 33.3 Å². The Morgan fingerprint density at radius 3 is 2.50 bits per heavy atom. The van der Waals surface area contributed by atoms with E-state index in [1.807, 2.05) is 13.1 Å². The highest BCUT2D eigenvalue weighted by atomic mass is 32.2. The van der Waals surface area contributed by atoms with Crippen LogP contribution >= 0.6 is 0 Å². The van der Waals surface area contributed by atoms with E-state index in [0.29, 0.717) is 19.1 Å². The van der Waals surface area contributed by atoms with Gasteiger partial charge in [-0.1, -0.05) is 13.3 Å². The number of aryl methyl sites for hydroxylation is 1. The van der Waals surface area contributed by atoms with Gasteiger partial charge in [-0.25, -0.2) is 4.52 Å². The highest BCUT2D eigenvalue weighted by Crippen LogP contribution is 2.29. The molecular weight excluding hydrogens is 352 g/mol. The Balaban J connectivity index is 2.12. The molecule has 1 aromatic rings. The maximum Gasteiger partial charge on any atom is 0.282 e. The lowest BCUT2D eigenvalue weighted by Gasteiger charge is -2.29. The van der Waals surface area contributed by atoms with Crippen molar-refractivity contribution in [1.82, 2.24) is 0 Å². The molecule has 0 spiro atoms. The van der Waals surface area contributed by atoms with Gasteiger partial charge in [0.25, 0.3) is 5.88 Å². The zero-order valence-electron chi connectivity index (χ0n) is 16.9. The van der Waals surface area contributed by atoms with Crippen molar-refractivity contribution in [2.45, 2.75) is 75.7 Å². The Morgan fingerprint density at radius 2 is 1.92 bits per heavy atom. The fourth-order valence-electron chi connectivity index (χ4n) is 3.53. The monoisotopic (exact) mass is 385 g/mol. The van der Waals surface area contributed by atoms with Gasteiger partial charge in [-0.2, -0.15) is 0 Å². The number of carbonyl (C=O) groups is 1. The fourth-order valence-corrected chi connectivity index (χ4v) is 5.22. The molecule has 1 aromatic heterocycles. The summed E-state index contributed by atoms with van der Waals surface area (Å²) < 4.78 is 24.7. The molecule has 1 aliphatic rings. The van der Waals surface area contributed by atoms with Crippen molar-refractivity contribution in [2.24, 2.45) is 7.05 Å². The summed E-state index contributed by atoms with van der Waals surface area (Å²) in [5.41, 5.74) is 0.981. The van der Waals surface area contributed by atoms with Crippen LogP contribution in [0.2, 0.25) is 0 Å². The van der Waals surface area contributed by atoms with Gasteiger partial charge in [0.05, 0.1) is 11.5 Å². The summed E-state index contributed by atoms with van der Waals surface area (Å²) in [6, 6.07) is 1.88. The number of ether oxygens (including phenoxy) is 1. The Bertz CT molecular complexity index is 660. The second-order valence-electron chi connectivity index (χ2n) is 8.19. The minimum absolute atomic E-state index is 0.00346. The Morgan fingerprint density at radius 1 is 1.31 bits per heavy atom. The highest BCUT2D eigenvalue weighted by Gasteiger charge is 2.40. The minimum atomic E-state index is -1.28. The summed E-state index contributed by atoms with van der Waals surface area (Å²) in [4.78, 5) is 12.8. The Labute approximate surface area is 159 Å². The molecule has 2 heterocycles. The molecule has 7 heteroatoms. The molecule has 0 saturated carbocycles. The second kappa shape index (κ2) is 8.21. The first-order valence-corrected chi connectivity index (χ1v) is 10.6. The standard InChI is InChI=1S/C19H32N2O4S/c1-7-10-18(2,3)15-13-16(25-21(15)6)20-17(22)19(4,5)26(23)14-8-11-24-12-9-14/h13-14H,7-12H2,1-6H3/p+1. The molecule has 1 atom stereocenters. The molecule has 0 aromatic carbocycles. The molecular formula is C19H33N2O4S+. The van der Waals surface area contributed by atoms with Crippen molar-refractivity contribution in [2.75, 3.05) is 18.5 Å². The number of anilines is 1. The largest absolute Gasteiger partial charge is 0.381 e. The molecule has 1 N–H and O–H groups in total. The van der Waals surface area contributed by atoms with Crippen molar-refractivity contribution in [3.05, 3.63) is 11.8 Å². The van der Waals surface area contributed by atoms with Crippen LogP contribution in [0.25, 0.3) is 0 Å². The normalized spacial score (nSPS) is 17.9. The topological polar surface area (TPSA) is 72.4 Å². The predicted molar refractivity (Wildman–Crippen MR) is 103 cm³/mol. The van der Waals surface area contributed by atoms with Gasteiger partial charge in [0.1, 0.15) is 4.75 Å². The molecule has 1 unspecified atom stereocenters. The van der Waals surface area contributed by atoms with Crippen LogP contribution in [0.15, 0.2) is 10.6 Å². The fraction of sp³-hybridized carbons (Fsp3) is 0.789. The lowest BCUT2D eigenvalue weighted by Crippen LogP contribution is -2.46. The van der Waals surface area contributed by atoms with Crippen LogP contribution in [0.1, 0.15) is 66.0 Å². The smallest absolute Gasteiger partial charge is 0.282 e. The van der Waals surface area contributed by atoms with Gasteiger partial charge in [-0.3, -0.25) is 14.3 Å². The van der Waals surface area contributed by atoms with Crippen molar-refractivity contribution in [3.8, 4) is 0 Å². The Hall–Kier alpha value is -1.21. The molecule has 6 nitrogen and oxygen atoms in total. The van der Waals surface area contributed by atoms with Crippen LogP contribution in [0, 0.1) is 0 Å². The number of nitrogens with one attached hydrogen (secondary N) is 1. The molecule has 0 aliphatic carbocycles. The van der Waals surface area contributed by atoms with Crippen LogP contribution in [0.3, 0.4) is 0 Å². The lowest BCUT2D eigenvalue weighted by atomic mass is 9.84. The highest BCUT2D eigenvalue weighted by molar-refractivity contribution is 7.87. The number of carbonyl (C=O) groups excluding carboxylic acids is 1. The summed E-state index contributed by atoms with van der Waals surface area (Å²) in [6.07, 6.45) is 3.55. The number of hydrogen-bond donors (Lipinski definition) is 1. The molecule has 0 radical (unpaired) electrons. The van der Waals surface area contributed by atoms with E-state index in [2.05, 4.69) is 26.1 Å². The maximum atomic E-state index is 12.9. The molecule has 1 aliphatic heterocycles. The quantitative estimate of drug-likeness (QED) is 0.733. The Kier molecular flexibility index (Phi) is 6.66. The van der Waals surface area contributed by atoms with Gasteiger partial charge in [-0.05, 0) is 51.7 Å². The number of hydrogen-bond acceptors (Lipinski definition) is 4.